The van der Waals surface area contributed by atoms with Crippen LogP contribution in [0.4, 0.5) is 5.69 Å². The molecule has 1 aromatic carbocycles. The number of ether oxygens (including phenoxy) is 2. The Balaban J connectivity index is 1.48. The van der Waals surface area contributed by atoms with Gasteiger partial charge in [-0.25, -0.2) is 0 Å². The minimum absolute atomic E-state index is 0.0965. The molecule has 3 aliphatic rings. The lowest BCUT2D eigenvalue weighted by atomic mass is 9.57. The van der Waals surface area contributed by atoms with E-state index < -0.39 is 0 Å². The Morgan fingerprint density at radius 1 is 1.29 bits per heavy atom. The number of fused-ring (bicyclic) bond motifs is 1. The summed E-state index contributed by atoms with van der Waals surface area (Å²) in [6, 6.07) is 7.97. The summed E-state index contributed by atoms with van der Waals surface area (Å²) in [6.07, 6.45) is 2.28. The van der Waals surface area contributed by atoms with Crippen molar-refractivity contribution in [2.45, 2.75) is 44.9 Å². The Labute approximate surface area is 143 Å². The van der Waals surface area contributed by atoms with E-state index in [1.165, 1.54) is 0 Å². The van der Waals surface area contributed by atoms with E-state index in [4.69, 9.17) is 9.47 Å². The highest BCUT2D eigenvalue weighted by molar-refractivity contribution is 6.00. The Hall–Kier alpha value is -1.59. The van der Waals surface area contributed by atoms with Crippen molar-refractivity contribution in [2.24, 2.45) is 11.3 Å². The molecule has 2 saturated heterocycles. The number of amides is 1. The number of hydrogen-bond acceptors (Lipinski definition) is 4. The van der Waals surface area contributed by atoms with Crippen LogP contribution in [0.25, 0.3) is 0 Å². The molecule has 3 fully saturated rings. The molecule has 0 radical (unpaired) electrons. The summed E-state index contributed by atoms with van der Waals surface area (Å²) < 4.78 is 11.3. The maximum atomic E-state index is 12.9. The van der Waals surface area contributed by atoms with Crippen molar-refractivity contribution in [2.75, 3.05) is 25.2 Å². The quantitative estimate of drug-likeness (QED) is 0.919. The van der Waals surface area contributed by atoms with Crippen LogP contribution in [0.2, 0.25) is 0 Å². The van der Waals surface area contributed by atoms with Crippen LogP contribution in [0, 0.1) is 11.3 Å². The van der Waals surface area contributed by atoms with Crippen LogP contribution >= 0.6 is 0 Å². The van der Waals surface area contributed by atoms with Crippen molar-refractivity contribution in [3.63, 3.8) is 0 Å². The summed E-state index contributed by atoms with van der Waals surface area (Å²) in [5, 5.41) is 3.65. The fraction of sp³-hybridized carbons (Fsp3) is 0.632. The SMILES string of the molecule is COc1ccccc1N1CC[C@H](N[C@@H]2[C@H]3CCO[C@@H]3C2(C)C)C1=O. The molecule has 1 N–H and O–H groups in total. The lowest BCUT2D eigenvalue weighted by Gasteiger charge is -2.55. The molecule has 0 aromatic heterocycles. The Kier molecular flexibility index (Phi) is 3.81. The van der Waals surface area contributed by atoms with Crippen molar-refractivity contribution in [3.05, 3.63) is 24.3 Å². The fourth-order valence-electron chi connectivity index (χ4n) is 4.81. The van der Waals surface area contributed by atoms with E-state index in [0.717, 1.165) is 37.4 Å². The molecule has 0 spiro atoms. The van der Waals surface area contributed by atoms with Gasteiger partial charge in [-0.05, 0) is 25.0 Å². The standard InChI is InChI=1S/C19H26N2O3/c1-19(2)16(12-9-11-24-17(12)19)20-13-8-10-21(18(13)22)14-6-4-5-7-15(14)23-3/h4-7,12-13,16-17,20H,8-11H2,1-3H3/t12-,13+,16-,17+/m1/s1. The first-order chi connectivity index (χ1) is 11.5. The van der Waals surface area contributed by atoms with E-state index in [9.17, 15) is 4.79 Å². The van der Waals surface area contributed by atoms with E-state index >= 15 is 0 Å². The van der Waals surface area contributed by atoms with Gasteiger partial charge in [0.05, 0.1) is 24.9 Å². The number of nitrogens with zero attached hydrogens (tertiary/aromatic N) is 1. The summed E-state index contributed by atoms with van der Waals surface area (Å²) >= 11 is 0. The smallest absolute Gasteiger partial charge is 0.244 e. The number of benzene rings is 1. The zero-order chi connectivity index (χ0) is 16.9. The molecular formula is C19H26N2O3. The molecule has 4 atom stereocenters. The van der Waals surface area contributed by atoms with E-state index in [1.54, 1.807) is 7.11 Å². The average molecular weight is 330 g/mol. The number of carbonyl (C=O) groups is 1. The maximum Gasteiger partial charge on any atom is 0.244 e. The molecule has 0 unspecified atom stereocenters. The van der Waals surface area contributed by atoms with Crippen LogP contribution in [0.3, 0.4) is 0 Å². The second-order valence-corrected chi connectivity index (χ2v) is 7.71. The summed E-state index contributed by atoms with van der Waals surface area (Å²) in [4.78, 5) is 14.8. The summed E-state index contributed by atoms with van der Waals surface area (Å²) in [5.74, 6) is 1.45. The third-order valence-corrected chi connectivity index (χ3v) is 6.06. The van der Waals surface area contributed by atoms with Crippen LogP contribution in [0.15, 0.2) is 24.3 Å². The normalized spacial score (nSPS) is 34.1. The van der Waals surface area contributed by atoms with E-state index in [-0.39, 0.29) is 17.4 Å². The predicted octanol–water partition coefficient (Wildman–Crippen LogP) is 2.20. The molecule has 130 valence electrons. The Morgan fingerprint density at radius 2 is 2.08 bits per heavy atom. The molecule has 5 nitrogen and oxygen atoms in total. The fourth-order valence-corrected chi connectivity index (χ4v) is 4.81. The largest absolute Gasteiger partial charge is 0.495 e. The molecule has 2 heterocycles. The lowest BCUT2D eigenvalue weighted by Crippen LogP contribution is -2.68. The Morgan fingerprint density at radius 3 is 2.88 bits per heavy atom. The van der Waals surface area contributed by atoms with Gasteiger partial charge >= 0.3 is 0 Å². The zero-order valence-corrected chi connectivity index (χ0v) is 14.6. The third-order valence-electron chi connectivity index (χ3n) is 6.06. The number of nitrogens with one attached hydrogen (secondary N) is 1. The van der Waals surface area contributed by atoms with Crippen LogP contribution in [-0.2, 0) is 9.53 Å². The highest BCUT2D eigenvalue weighted by Crippen LogP contribution is 2.52. The lowest BCUT2D eigenvalue weighted by molar-refractivity contribution is -0.127. The van der Waals surface area contributed by atoms with Gasteiger partial charge in [0, 0.05) is 30.5 Å². The molecule has 5 heteroatoms. The zero-order valence-electron chi connectivity index (χ0n) is 14.6. The molecule has 0 bridgehead atoms. The first-order valence-corrected chi connectivity index (χ1v) is 8.86. The molecule has 2 aliphatic heterocycles. The van der Waals surface area contributed by atoms with Gasteiger partial charge in [0.25, 0.3) is 0 Å². The van der Waals surface area contributed by atoms with Crippen LogP contribution in [-0.4, -0.2) is 44.4 Å². The van der Waals surface area contributed by atoms with Gasteiger partial charge in [-0.15, -0.1) is 0 Å². The van der Waals surface area contributed by atoms with Gasteiger partial charge in [-0.1, -0.05) is 26.0 Å². The molecule has 1 aromatic rings. The minimum Gasteiger partial charge on any atom is -0.495 e. The number of para-hydroxylation sites is 2. The Bertz CT molecular complexity index is 645. The van der Waals surface area contributed by atoms with Crippen molar-refractivity contribution in [3.8, 4) is 5.75 Å². The van der Waals surface area contributed by atoms with E-state index in [2.05, 4.69) is 19.2 Å². The van der Waals surface area contributed by atoms with Gasteiger partial charge in [0.1, 0.15) is 5.75 Å². The molecular weight excluding hydrogens is 304 g/mol. The summed E-state index contributed by atoms with van der Waals surface area (Å²) in [6.45, 7) is 6.07. The highest BCUT2D eigenvalue weighted by Gasteiger charge is 2.60. The van der Waals surface area contributed by atoms with Crippen molar-refractivity contribution < 1.29 is 14.3 Å². The van der Waals surface area contributed by atoms with Gasteiger partial charge in [-0.3, -0.25) is 4.79 Å². The van der Waals surface area contributed by atoms with E-state index in [0.29, 0.717) is 18.1 Å². The minimum atomic E-state index is -0.110. The number of hydrogen-bond donors (Lipinski definition) is 1. The molecule has 1 aliphatic carbocycles. The molecule has 1 amide bonds. The van der Waals surface area contributed by atoms with Gasteiger partial charge in [0.15, 0.2) is 0 Å². The monoisotopic (exact) mass is 330 g/mol. The average Bonchev–Trinajstić information content (AvgIpc) is 3.18. The number of rotatable bonds is 4. The van der Waals surface area contributed by atoms with Crippen molar-refractivity contribution >= 4 is 11.6 Å². The highest BCUT2D eigenvalue weighted by atomic mass is 16.5. The molecule has 4 rings (SSSR count). The number of carbonyl (C=O) groups excluding carboxylic acids is 1. The van der Waals surface area contributed by atoms with Crippen LogP contribution in [0.1, 0.15) is 26.7 Å². The third kappa shape index (κ3) is 2.25. The number of methoxy groups -OCH3 is 1. The van der Waals surface area contributed by atoms with Crippen LogP contribution < -0.4 is 15.0 Å². The van der Waals surface area contributed by atoms with Gasteiger partial charge in [0.2, 0.25) is 5.91 Å². The summed E-state index contributed by atoms with van der Waals surface area (Å²) in [7, 11) is 1.65. The van der Waals surface area contributed by atoms with Crippen LogP contribution in [0.5, 0.6) is 5.75 Å². The summed E-state index contributed by atoms with van der Waals surface area (Å²) in [5.41, 5.74) is 0.962. The first-order valence-electron chi connectivity index (χ1n) is 8.86. The first kappa shape index (κ1) is 15.9. The van der Waals surface area contributed by atoms with E-state index in [1.807, 2.05) is 29.2 Å². The maximum absolute atomic E-state index is 12.9. The molecule has 1 saturated carbocycles. The van der Waals surface area contributed by atoms with Crippen molar-refractivity contribution in [1.82, 2.24) is 5.32 Å². The number of anilines is 1. The molecule has 24 heavy (non-hydrogen) atoms. The van der Waals surface area contributed by atoms with Crippen molar-refractivity contribution in [1.29, 1.82) is 0 Å². The topological polar surface area (TPSA) is 50.8 Å². The van der Waals surface area contributed by atoms with Gasteiger partial charge in [-0.2, -0.15) is 0 Å². The predicted molar refractivity (Wildman–Crippen MR) is 92.3 cm³/mol. The second-order valence-electron chi connectivity index (χ2n) is 7.71. The second kappa shape index (κ2) is 5.74. The van der Waals surface area contributed by atoms with Gasteiger partial charge < -0.3 is 19.7 Å².